The highest BCUT2D eigenvalue weighted by Crippen LogP contribution is 2.34. The molecular weight excluding hydrogens is 601 g/mol. The molecule has 1 atom stereocenters. The highest BCUT2D eigenvalue weighted by molar-refractivity contribution is 6.31. The molecule has 0 bridgehead atoms. The quantitative estimate of drug-likeness (QED) is 0.274. The fourth-order valence-electron chi connectivity index (χ4n) is 6.80. The normalized spacial score (nSPS) is 18.7. The van der Waals surface area contributed by atoms with Crippen LogP contribution in [0.5, 0.6) is 0 Å². The van der Waals surface area contributed by atoms with E-state index in [1.54, 1.807) is 36.5 Å². The predicted molar refractivity (Wildman–Crippen MR) is 181 cm³/mol. The van der Waals surface area contributed by atoms with Gasteiger partial charge in [-0.2, -0.15) is 0 Å². The summed E-state index contributed by atoms with van der Waals surface area (Å²) in [7, 11) is 2.21. The number of halogens is 2. The molecule has 46 heavy (non-hydrogen) atoms. The van der Waals surface area contributed by atoms with Gasteiger partial charge in [0.1, 0.15) is 5.82 Å². The number of rotatable bonds is 6. The van der Waals surface area contributed by atoms with Crippen LogP contribution < -0.4 is 5.32 Å². The Bertz CT molecular complexity index is 1770. The molecule has 0 spiro atoms. The number of nitrogens with zero attached hydrogens (tertiary/aromatic N) is 6. The topological polar surface area (TPSA) is 77.0 Å². The molecule has 2 saturated heterocycles. The van der Waals surface area contributed by atoms with E-state index in [2.05, 4.69) is 27.1 Å². The number of piperidine rings is 1. The third kappa shape index (κ3) is 6.54. The van der Waals surface area contributed by atoms with Gasteiger partial charge in [0.15, 0.2) is 0 Å². The maximum absolute atomic E-state index is 14.8. The molecule has 1 unspecified atom stereocenters. The SMILES string of the molecule is CN1CCCC(CN2CCN(C(=O)c3ccc(Nc4ncc5c(n4)-c4ccc(Cl)cc4C(c4ccccc4F)=NC5)cc3)CC2)C1. The fraction of sp³-hybridized carbons (Fsp3) is 0.333. The molecule has 0 aliphatic carbocycles. The molecule has 236 valence electrons. The Morgan fingerprint density at radius 3 is 2.57 bits per heavy atom. The fourth-order valence-corrected chi connectivity index (χ4v) is 6.97. The van der Waals surface area contributed by atoms with E-state index in [-0.39, 0.29) is 11.7 Å². The second-order valence-electron chi connectivity index (χ2n) is 12.5. The zero-order valence-corrected chi connectivity index (χ0v) is 26.7. The number of amides is 1. The number of hydrogen-bond acceptors (Lipinski definition) is 7. The van der Waals surface area contributed by atoms with Gasteiger partial charge in [-0.15, -0.1) is 0 Å². The molecule has 2 fully saturated rings. The van der Waals surface area contributed by atoms with Crippen molar-refractivity contribution >= 4 is 34.9 Å². The highest BCUT2D eigenvalue weighted by Gasteiger charge is 2.26. The summed E-state index contributed by atoms with van der Waals surface area (Å²) >= 11 is 6.40. The van der Waals surface area contributed by atoms with E-state index in [1.807, 2.05) is 35.2 Å². The van der Waals surface area contributed by atoms with E-state index in [0.29, 0.717) is 45.6 Å². The number of likely N-dealkylation sites (tertiary alicyclic amines) is 1. The Kier molecular flexibility index (Phi) is 8.80. The van der Waals surface area contributed by atoms with E-state index in [9.17, 15) is 9.18 Å². The van der Waals surface area contributed by atoms with Crippen molar-refractivity contribution in [1.29, 1.82) is 0 Å². The van der Waals surface area contributed by atoms with E-state index in [0.717, 1.165) is 55.5 Å². The van der Waals surface area contributed by atoms with Crippen molar-refractivity contribution < 1.29 is 9.18 Å². The lowest BCUT2D eigenvalue weighted by Gasteiger charge is -2.38. The number of carbonyl (C=O) groups is 1. The molecule has 3 aliphatic rings. The third-order valence-corrected chi connectivity index (χ3v) is 9.41. The van der Waals surface area contributed by atoms with E-state index < -0.39 is 0 Å². The Morgan fingerprint density at radius 1 is 0.978 bits per heavy atom. The number of carbonyl (C=O) groups excluding carboxylic acids is 1. The van der Waals surface area contributed by atoms with Crippen LogP contribution in [0.2, 0.25) is 5.02 Å². The van der Waals surface area contributed by atoms with Crippen LogP contribution in [-0.2, 0) is 6.54 Å². The van der Waals surface area contributed by atoms with Gasteiger partial charge < -0.3 is 15.1 Å². The van der Waals surface area contributed by atoms with Gasteiger partial charge in [0.2, 0.25) is 5.95 Å². The number of benzene rings is 3. The molecule has 4 aromatic rings. The first-order valence-electron chi connectivity index (χ1n) is 15.9. The summed E-state index contributed by atoms with van der Waals surface area (Å²) in [6.45, 7) is 7.13. The summed E-state index contributed by atoms with van der Waals surface area (Å²) in [4.78, 5) is 34.4. The standard InChI is InChI=1S/C36H37ClFN7O/c1-43-14-4-5-24(22-43)23-44-15-17-45(18-16-44)35(46)25-8-11-28(12-9-25)41-36-40-21-26-20-39-34(30-6-2-3-7-32(30)38)31-19-27(37)10-13-29(31)33(26)42-36/h2-3,6-13,19,21,24H,4-5,14-18,20,22-23H2,1H3,(H,40,41,42). The van der Waals surface area contributed by atoms with E-state index >= 15 is 0 Å². The maximum atomic E-state index is 14.8. The van der Waals surface area contributed by atoms with Gasteiger partial charge in [0.25, 0.3) is 5.91 Å². The first-order chi connectivity index (χ1) is 22.4. The number of aromatic nitrogens is 2. The van der Waals surface area contributed by atoms with Crippen LogP contribution in [0.1, 0.15) is 39.9 Å². The molecule has 1 N–H and O–H groups in total. The van der Waals surface area contributed by atoms with Gasteiger partial charge >= 0.3 is 0 Å². The summed E-state index contributed by atoms with van der Waals surface area (Å²) < 4.78 is 14.8. The second kappa shape index (κ2) is 13.3. The number of fused-ring (bicyclic) bond motifs is 3. The average molecular weight is 638 g/mol. The molecule has 0 saturated carbocycles. The minimum absolute atomic E-state index is 0.0609. The van der Waals surface area contributed by atoms with Crippen LogP contribution in [0.15, 0.2) is 77.9 Å². The smallest absolute Gasteiger partial charge is 0.253 e. The van der Waals surface area contributed by atoms with Crippen LogP contribution in [0.4, 0.5) is 16.0 Å². The van der Waals surface area contributed by atoms with Crippen LogP contribution in [-0.4, -0.2) is 89.1 Å². The van der Waals surface area contributed by atoms with Gasteiger partial charge in [-0.25, -0.2) is 14.4 Å². The molecule has 4 heterocycles. The Labute approximate surface area is 273 Å². The van der Waals surface area contributed by atoms with Crippen molar-refractivity contribution in [3.8, 4) is 11.3 Å². The molecule has 1 aromatic heterocycles. The summed E-state index contributed by atoms with van der Waals surface area (Å²) in [5.74, 6) is 0.847. The van der Waals surface area contributed by atoms with Gasteiger partial charge in [-0.3, -0.25) is 14.7 Å². The van der Waals surface area contributed by atoms with Gasteiger partial charge in [-0.1, -0.05) is 29.8 Å². The lowest BCUT2D eigenvalue weighted by molar-refractivity contribution is 0.0588. The number of hydrogen-bond donors (Lipinski definition) is 1. The average Bonchev–Trinajstić information content (AvgIpc) is 3.22. The minimum atomic E-state index is -0.348. The van der Waals surface area contributed by atoms with Crippen molar-refractivity contribution in [1.82, 2.24) is 24.7 Å². The number of aliphatic imine (C=N–C) groups is 1. The van der Waals surface area contributed by atoms with Crippen LogP contribution >= 0.6 is 11.6 Å². The lowest BCUT2D eigenvalue weighted by Crippen LogP contribution is -2.50. The van der Waals surface area contributed by atoms with Crippen LogP contribution in [0, 0.1) is 11.7 Å². The summed E-state index contributed by atoms with van der Waals surface area (Å²) in [6, 6.07) is 19.6. The summed E-state index contributed by atoms with van der Waals surface area (Å²) in [5.41, 5.74) is 5.43. The van der Waals surface area contributed by atoms with Gasteiger partial charge in [-0.05, 0) is 80.9 Å². The van der Waals surface area contributed by atoms with E-state index in [1.165, 1.54) is 32.0 Å². The first kappa shape index (κ1) is 30.5. The maximum Gasteiger partial charge on any atom is 0.253 e. The number of nitrogens with one attached hydrogen (secondary N) is 1. The van der Waals surface area contributed by atoms with Crippen molar-refractivity contribution in [3.63, 3.8) is 0 Å². The number of piperazine rings is 1. The first-order valence-corrected chi connectivity index (χ1v) is 16.3. The van der Waals surface area contributed by atoms with Crippen molar-refractivity contribution in [2.24, 2.45) is 10.9 Å². The monoisotopic (exact) mass is 637 g/mol. The molecule has 10 heteroatoms. The lowest BCUT2D eigenvalue weighted by atomic mass is 9.95. The van der Waals surface area contributed by atoms with Gasteiger partial charge in [0.05, 0.1) is 18.0 Å². The van der Waals surface area contributed by atoms with Crippen LogP contribution in [0.3, 0.4) is 0 Å². The molecular formula is C36H37ClFN7O. The molecule has 3 aromatic carbocycles. The predicted octanol–water partition coefficient (Wildman–Crippen LogP) is 6.13. The molecule has 8 nitrogen and oxygen atoms in total. The minimum Gasteiger partial charge on any atom is -0.336 e. The Morgan fingerprint density at radius 2 is 1.78 bits per heavy atom. The van der Waals surface area contributed by atoms with Crippen molar-refractivity contribution in [2.75, 3.05) is 58.2 Å². The molecule has 0 radical (unpaired) electrons. The Balaban J connectivity index is 1.03. The zero-order chi connectivity index (χ0) is 31.6. The largest absolute Gasteiger partial charge is 0.336 e. The summed E-state index contributed by atoms with van der Waals surface area (Å²) in [5, 5.41) is 3.81. The zero-order valence-electron chi connectivity index (χ0n) is 25.9. The van der Waals surface area contributed by atoms with E-state index in [4.69, 9.17) is 21.6 Å². The third-order valence-electron chi connectivity index (χ3n) is 9.18. The molecule has 7 rings (SSSR count). The number of anilines is 2. The summed E-state index contributed by atoms with van der Waals surface area (Å²) in [6.07, 6.45) is 4.33. The molecule has 3 aliphatic heterocycles. The van der Waals surface area contributed by atoms with Crippen molar-refractivity contribution in [2.45, 2.75) is 19.4 Å². The Hall–Kier alpha value is -4.18. The second-order valence-corrected chi connectivity index (χ2v) is 12.9. The van der Waals surface area contributed by atoms with Crippen LogP contribution in [0.25, 0.3) is 11.3 Å². The molecule has 1 amide bonds. The van der Waals surface area contributed by atoms with Gasteiger partial charge in [0, 0.05) is 84.0 Å². The van der Waals surface area contributed by atoms with Crippen molar-refractivity contribution in [3.05, 3.63) is 106 Å². The highest BCUT2D eigenvalue weighted by atomic mass is 35.5.